The van der Waals surface area contributed by atoms with Gasteiger partial charge in [0.1, 0.15) is 6.04 Å². The topological polar surface area (TPSA) is 79.0 Å². The number of benzene rings is 1. The zero-order valence-corrected chi connectivity index (χ0v) is 14.0. The zero-order valence-electron chi connectivity index (χ0n) is 14.0. The van der Waals surface area contributed by atoms with Crippen LogP contribution in [-0.2, 0) is 25.7 Å². The molecule has 0 bridgehead atoms. The van der Waals surface area contributed by atoms with Gasteiger partial charge in [-0.1, -0.05) is 30.3 Å². The molecule has 1 aliphatic rings. The predicted molar refractivity (Wildman–Crippen MR) is 87.9 cm³/mol. The van der Waals surface area contributed by atoms with Crippen molar-refractivity contribution < 1.29 is 19.1 Å². The van der Waals surface area contributed by atoms with Crippen LogP contribution in [0.1, 0.15) is 12.0 Å². The second kappa shape index (κ2) is 8.44. The molecule has 1 heterocycles. The van der Waals surface area contributed by atoms with Crippen molar-refractivity contribution in [2.45, 2.75) is 19.0 Å². The number of amides is 2. The molecule has 1 unspecified atom stereocenters. The van der Waals surface area contributed by atoms with Crippen LogP contribution in [0.4, 0.5) is 0 Å². The molecule has 0 aliphatic carbocycles. The molecule has 2 rings (SSSR count). The summed E-state index contributed by atoms with van der Waals surface area (Å²) in [4.78, 5) is 39.3. The summed E-state index contributed by atoms with van der Waals surface area (Å²) in [5.74, 6) is -0.805. The molecule has 7 heteroatoms. The largest absolute Gasteiger partial charge is 0.469 e. The minimum absolute atomic E-state index is 0.0575. The van der Waals surface area contributed by atoms with Crippen molar-refractivity contribution in [1.29, 1.82) is 0 Å². The molecule has 0 aromatic heterocycles. The monoisotopic (exact) mass is 333 g/mol. The number of ether oxygens (including phenoxy) is 1. The lowest BCUT2D eigenvalue weighted by atomic mass is 10.1. The number of esters is 1. The summed E-state index contributed by atoms with van der Waals surface area (Å²) < 4.78 is 4.64. The molecule has 1 saturated heterocycles. The van der Waals surface area contributed by atoms with Gasteiger partial charge in [-0.05, 0) is 5.56 Å². The second-order valence-electron chi connectivity index (χ2n) is 5.79. The fourth-order valence-corrected chi connectivity index (χ4v) is 2.65. The van der Waals surface area contributed by atoms with E-state index in [9.17, 15) is 14.4 Å². The van der Waals surface area contributed by atoms with Crippen LogP contribution in [-0.4, -0.2) is 67.4 Å². The average molecular weight is 333 g/mol. The van der Waals surface area contributed by atoms with Gasteiger partial charge in [-0.3, -0.25) is 19.3 Å². The third-order valence-corrected chi connectivity index (χ3v) is 4.06. The van der Waals surface area contributed by atoms with Gasteiger partial charge >= 0.3 is 5.97 Å². The fourth-order valence-electron chi connectivity index (χ4n) is 2.65. The summed E-state index contributed by atoms with van der Waals surface area (Å²) in [5, 5.41) is 2.72. The molecule has 1 fully saturated rings. The Bertz CT molecular complexity index is 591. The number of nitrogens with one attached hydrogen (secondary N) is 1. The molecule has 1 aromatic carbocycles. The Kier molecular flexibility index (Phi) is 6.31. The minimum atomic E-state index is -0.666. The first kappa shape index (κ1) is 17.9. The van der Waals surface area contributed by atoms with Crippen molar-refractivity contribution in [1.82, 2.24) is 15.1 Å². The fraction of sp³-hybridized carbons (Fsp3) is 0.471. The number of rotatable bonds is 6. The van der Waals surface area contributed by atoms with Gasteiger partial charge in [-0.25, -0.2) is 0 Å². The number of likely N-dealkylation sites (N-methyl/N-ethyl adjacent to an activating group) is 1. The van der Waals surface area contributed by atoms with E-state index in [2.05, 4.69) is 10.1 Å². The highest BCUT2D eigenvalue weighted by molar-refractivity contribution is 5.88. The predicted octanol–water partition coefficient (Wildman–Crippen LogP) is 0.00850. The normalized spacial score (nSPS) is 17.9. The zero-order chi connectivity index (χ0) is 17.5. The van der Waals surface area contributed by atoms with Crippen molar-refractivity contribution in [3.8, 4) is 0 Å². The minimum Gasteiger partial charge on any atom is -0.469 e. The highest BCUT2D eigenvalue weighted by atomic mass is 16.5. The van der Waals surface area contributed by atoms with Crippen molar-refractivity contribution in [3.63, 3.8) is 0 Å². The van der Waals surface area contributed by atoms with E-state index in [-0.39, 0.29) is 24.8 Å². The lowest BCUT2D eigenvalue weighted by Crippen LogP contribution is -2.58. The Hall–Kier alpha value is -2.41. The number of piperazine rings is 1. The molecule has 0 radical (unpaired) electrons. The number of hydrogen-bond acceptors (Lipinski definition) is 5. The molecule has 1 N–H and O–H groups in total. The Morgan fingerprint density at radius 1 is 1.33 bits per heavy atom. The Morgan fingerprint density at radius 2 is 2.04 bits per heavy atom. The van der Waals surface area contributed by atoms with Crippen molar-refractivity contribution in [3.05, 3.63) is 35.9 Å². The standard InChI is InChI=1S/C17H23N3O4/c1-19(11-13-6-4-3-5-7-13)15(21)12-20-9-8-18-17(23)14(20)10-16(22)24-2/h3-7,14H,8-12H2,1-2H3,(H,18,23). The number of carbonyl (C=O) groups excluding carboxylic acids is 3. The highest BCUT2D eigenvalue weighted by Crippen LogP contribution is 2.11. The van der Waals surface area contributed by atoms with E-state index in [0.717, 1.165) is 5.56 Å². The molecule has 1 aromatic rings. The van der Waals surface area contributed by atoms with Crippen LogP contribution in [0, 0.1) is 0 Å². The smallest absolute Gasteiger partial charge is 0.307 e. The van der Waals surface area contributed by atoms with Gasteiger partial charge in [0.25, 0.3) is 0 Å². The van der Waals surface area contributed by atoms with Crippen LogP contribution in [0.15, 0.2) is 30.3 Å². The maximum atomic E-state index is 12.5. The summed E-state index contributed by atoms with van der Waals surface area (Å²) in [5.41, 5.74) is 1.04. The van der Waals surface area contributed by atoms with Crippen LogP contribution in [0.3, 0.4) is 0 Å². The molecule has 2 amide bonds. The van der Waals surface area contributed by atoms with Gasteiger partial charge in [0.2, 0.25) is 11.8 Å². The van der Waals surface area contributed by atoms with E-state index in [1.165, 1.54) is 7.11 Å². The lowest BCUT2D eigenvalue weighted by molar-refractivity contribution is -0.147. The molecule has 1 atom stereocenters. The van der Waals surface area contributed by atoms with E-state index < -0.39 is 12.0 Å². The lowest BCUT2D eigenvalue weighted by Gasteiger charge is -2.34. The van der Waals surface area contributed by atoms with E-state index in [0.29, 0.717) is 19.6 Å². The summed E-state index contributed by atoms with van der Waals surface area (Å²) >= 11 is 0. The highest BCUT2D eigenvalue weighted by Gasteiger charge is 2.33. The van der Waals surface area contributed by atoms with Gasteiger partial charge < -0.3 is 15.0 Å². The van der Waals surface area contributed by atoms with Crippen LogP contribution >= 0.6 is 0 Å². The molecular weight excluding hydrogens is 310 g/mol. The number of carbonyl (C=O) groups is 3. The Morgan fingerprint density at radius 3 is 2.71 bits per heavy atom. The molecule has 0 spiro atoms. The average Bonchev–Trinajstić information content (AvgIpc) is 2.58. The van der Waals surface area contributed by atoms with Crippen LogP contribution in [0.2, 0.25) is 0 Å². The maximum Gasteiger partial charge on any atom is 0.307 e. The van der Waals surface area contributed by atoms with E-state index >= 15 is 0 Å². The first-order valence-corrected chi connectivity index (χ1v) is 7.87. The third-order valence-electron chi connectivity index (χ3n) is 4.06. The number of hydrogen-bond donors (Lipinski definition) is 1. The van der Waals surface area contributed by atoms with Gasteiger partial charge in [0, 0.05) is 26.7 Å². The first-order valence-electron chi connectivity index (χ1n) is 7.87. The van der Waals surface area contributed by atoms with Gasteiger partial charge in [0.05, 0.1) is 20.1 Å². The molecular formula is C17H23N3O4. The summed E-state index contributed by atoms with van der Waals surface area (Å²) in [6.45, 7) is 1.59. The molecule has 24 heavy (non-hydrogen) atoms. The molecule has 1 aliphatic heterocycles. The summed E-state index contributed by atoms with van der Waals surface area (Å²) in [6.07, 6.45) is -0.0575. The van der Waals surface area contributed by atoms with Crippen molar-refractivity contribution in [2.75, 3.05) is 33.8 Å². The van der Waals surface area contributed by atoms with E-state index in [1.807, 2.05) is 30.3 Å². The van der Waals surface area contributed by atoms with Crippen LogP contribution in [0.5, 0.6) is 0 Å². The molecule has 0 saturated carbocycles. The van der Waals surface area contributed by atoms with Gasteiger partial charge in [-0.2, -0.15) is 0 Å². The summed E-state index contributed by atoms with van der Waals surface area (Å²) in [7, 11) is 3.01. The van der Waals surface area contributed by atoms with Crippen LogP contribution < -0.4 is 5.32 Å². The quantitative estimate of drug-likeness (QED) is 0.742. The Labute approximate surface area is 141 Å². The van der Waals surface area contributed by atoms with Crippen molar-refractivity contribution in [2.24, 2.45) is 0 Å². The molecule has 130 valence electrons. The maximum absolute atomic E-state index is 12.5. The van der Waals surface area contributed by atoms with Crippen molar-refractivity contribution >= 4 is 17.8 Å². The number of nitrogens with zero attached hydrogens (tertiary/aromatic N) is 2. The van der Waals surface area contributed by atoms with E-state index in [1.54, 1.807) is 16.8 Å². The SMILES string of the molecule is COC(=O)CC1C(=O)NCCN1CC(=O)N(C)Cc1ccccc1. The summed E-state index contributed by atoms with van der Waals surface area (Å²) in [6, 6.07) is 9.02. The first-order chi connectivity index (χ1) is 11.5. The van der Waals surface area contributed by atoms with Gasteiger partial charge in [0.15, 0.2) is 0 Å². The Balaban J connectivity index is 1.97. The number of methoxy groups -OCH3 is 1. The van der Waals surface area contributed by atoms with Gasteiger partial charge in [-0.15, -0.1) is 0 Å². The van der Waals surface area contributed by atoms with Crippen LogP contribution in [0.25, 0.3) is 0 Å². The third kappa shape index (κ3) is 4.79. The second-order valence-corrected chi connectivity index (χ2v) is 5.79. The molecule has 7 nitrogen and oxygen atoms in total. The van der Waals surface area contributed by atoms with E-state index in [4.69, 9.17) is 0 Å².